The standard InChI is InChI=1S/C18H20F2N2O4S/c1-12-4-7-17(26-3)18(10-12)27(24,25)21-8-9-22(13(2)23)14-5-6-15(19)16(20)11-14/h4-7,10-11,21H,8-9H2,1-3H3. The molecule has 2 aromatic carbocycles. The van der Waals surface area contributed by atoms with Gasteiger partial charge >= 0.3 is 0 Å². The number of methoxy groups -OCH3 is 1. The minimum atomic E-state index is -3.89. The molecule has 1 amide bonds. The molecule has 0 unspecified atom stereocenters. The van der Waals surface area contributed by atoms with E-state index in [-0.39, 0.29) is 29.4 Å². The van der Waals surface area contributed by atoms with Gasteiger partial charge in [-0.1, -0.05) is 6.07 Å². The first-order valence-corrected chi connectivity index (χ1v) is 9.51. The number of sulfonamides is 1. The molecule has 0 aliphatic rings. The molecule has 0 fully saturated rings. The summed E-state index contributed by atoms with van der Waals surface area (Å²) in [5.41, 5.74) is 0.872. The maximum absolute atomic E-state index is 13.4. The molecule has 0 saturated carbocycles. The highest BCUT2D eigenvalue weighted by atomic mass is 32.2. The summed E-state index contributed by atoms with van der Waals surface area (Å²) in [6, 6.07) is 7.78. The second-order valence-electron chi connectivity index (χ2n) is 5.82. The van der Waals surface area contributed by atoms with Gasteiger partial charge in [0.2, 0.25) is 15.9 Å². The van der Waals surface area contributed by atoms with Crippen LogP contribution in [0.4, 0.5) is 14.5 Å². The van der Waals surface area contributed by atoms with Crippen molar-refractivity contribution in [3.05, 3.63) is 53.6 Å². The SMILES string of the molecule is COc1ccc(C)cc1S(=O)(=O)NCCN(C(C)=O)c1ccc(F)c(F)c1. The van der Waals surface area contributed by atoms with Gasteiger partial charge in [0.1, 0.15) is 10.6 Å². The predicted molar refractivity (Wildman–Crippen MR) is 97.3 cm³/mol. The van der Waals surface area contributed by atoms with Crippen LogP contribution in [0.1, 0.15) is 12.5 Å². The number of hydrogen-bond acceptors (Lipinski definition) is 4. The van der Waals surface area contributed by atoms with Gasteiger partial charge in [0.05, 0.1) is 7.11 Å². The van der Waals surface area contributed by atoms with Gasteiger partial charge in [0, 0.05) is 31.8 Å². The van der Waals surface area contributed by atoms with Crippen LogP contribution in [-0.4, -0.2) is 34.5 Å². The summed E-state index contributed by atoms with van der Waals surface area (Å²) < 4.78 is 59.1. The third kappa shape index (κ3) is 5.01. The summed E-state index contributed by atoms with van der Waals surface area (Å²) in [6.07, 6.45) is 0. The molecular weight excluding hydrogens is 378 g/mol. The average Bonchev–Trinajstić information content (AvgIpc) is 2.61. The number of amides is 1. The number of carbonyl (C=O) groups excluding carboxylic acids is 1. The molecule has 1 N–H and O–H groups in total. The van der Waals surface area contributed by atoms with Crippen molar-refractivity contribution < 1.29 is 26.7 Å². The molecule has 0 bridgehead atoms. The second kappa shape index (κ2) is 8.45. The molecule has 0 aliphatic heterocycles. The van der Waals surface area contributed by atoms with Gasteiger partial charge in [-0.15, -0.1) is 0 Å². The molecule has 0 heterocycles. The van der Waals surface area contributed by atoms with Crippen LogP contribution in [0.3, 0.4) is 0 Å². The summed E-state index contributed by atoms with van der Waals surface area (Å²) in [7, 11) is -2.53. The highest BCUT2D eigenvalue weighted by Crippen LogP contribution is 2.24. The van der Waals surface area contributed by atoms with Gasteiger partial charge in [-0.05, 0) is 36.8 Å². The second-order valence-corrected chi connectivity index (χ2v) is 7.56. The molecule has 9 heteroatoms. The Morgan fingerprint density at radius 3 is 2.44 bits per heavy atom. The van der Waals surface area contributed by atoms with Crippen LogP contribution in [-0.2, 0) is 14.8 Å². The van der Waals surface area contributed by atoms with Crippen LogP contribution in [0.5, 0.6) is 5.75 Å². The van der Waals surface area contributed by atoms with Crippen molar-refractivity contribution in [3.8, 4) is 5.75 Å². The molecular formula is C18H20F2N2O4S. The Bertz CT molecular complexity index is 948. The number of benzene rings is 2. The minimum absolute atomic E-state index is 0.0211. The lowest BCUT2D eigenvalue weighted by Crippen LogP contribution is -2.37. The first-order valence-electron chi connectivity index (χ1n) is 8.03. The van der Waals surface area contributed by atoms with Crippen LogP contribution >= 0.6 is 0 Å². The van der Waals surface area contributed by atoms with Crippen molar-refractivity contribution in [2.45, 2.75) is 18.7 Å². The third-order valence-electron chi connectivity index (χ3n) is 3.83. The van der Waals surface area contributed by atoms with Gasteiger partial charge in [-0.3, -0.25) is 4.79 Å². The Hall–Kier alpha value is -2.52. The molecule has 0 spiro atoms. The number of aryl methyl sites for hydroxylation is 1. The monoisotopic (exact) mass is 398 g/mol. The lowest BCUT2D eigenvalue weighted by molar-refractivity contribution is -0.116. The van der Waals surface area contributed by atoms with E-state index in [1.165, 1.54) is 26.2 Å². The van der Waals surface area contributed by atoms with Gasteiger partial charge in [-0.25, -0.2) is 21.9 Å². The number of hydrogen-bond donors (Lipinski definition) is 1. The number of carbonyl (C=O) groups is 1. The number of halogens is 2. The zero-order valence-corrected chi connectivity index (χ0v) is 15.9. The summed E-state index contributed by atoms with van der Waals surface area (Å²) in [4.78, 5) is 13.0. The highest BCUT2D eigenvalue weighted by molar-refractivity contribution is 7.89. The fourth-order valence-corrected chi connectivity index (χ4v) is 3.76. The summed E-state index contributed by atoms with van der Waals surface area (Å²) in [5.74, 6) is -2.37. The van der Waals surface area contributed by atoms with Crippen molar-refractivity contribution in [2.75, 3.05) is 25.1 Å². The Kier molecular flexibility index (Phi) is 6.50. The van der Waals surface area contributed by atoms with E-state index < -0.39 is 27.6 Å². The predicted octanol–water partition coefficient (Wildman–Crippen LogP) is 2.61. The Morgan fingerprint density at radius 1 is 1.15 bits per heavy atom. The van der Waals surface area contributed by atoms with E-state index in [0.29, 0.717) is 0 Å². The zero-order valence-electron chi connectivity index (χ0n) is 15.1. The largest absolute Gasteiger partial charge is 0.495 e. The van der Waals surface area contributed by atoms with Crippen molar-refractivity contribution in [2.24, 2.45) is 0 Å². The number of nitrogens with one attached hydrogen (secondary N) is 1. The molecule has 2 aromatic rings. The zero-order chi connectivity index (χ0) is 20.2. The fourth-order valence-electron chi connectivity index (χ4n) is 2.48. The normalized spacial score (nSPS) is 11.3. The van der Waals surface area contributed by atoms with Gasteiger partial charge in [0.15, 0.2) is 11.6 Å². The Labute approximate surface area is 156 Å². The Morgan fingerprint density at radius 2 is 1.85 bits per heavy atom. The number of ether oxygens (including phenoxy) is 1. The van der Waals surface area contributed by atoms with E-state index in [0.717, 1.165) is 22.6 Å². The van der Waals surface area contributed by atoms with Gasteiger partial charge < -0.3 is 9.64 Å². The average molecular weight is 398 g/mol. The number of anilines is 1. The Balaban J connectivity index is 2.16. The van der Waals surface area contributed by atoms with Crippen LogP contribution in [0, 0.1) is 18.6 Å². The smallest absolute Gasteiger partial charge is 0.244 e. The molecule has 0 aliphatic carbocycles. The molecule has 146 valence electrons. The van der Waals surface area contributed by atoms with Crippen LogP contribution < -0.4 is 14.4 Å². The van der Waals surface area contributed by atoms with Crippen molar-refractivity contribution in [1.82, 2.24) is 4.72 Å². The van der Waals surface area contributed by atoms with Crippen molar-refractivity contribution in [3.63, 3.8) is 0 Å². The van der Waals surface area contributed by atoms with Gasteiger partial charge in [-0.2, -0.15) is 0 Å². The number of nitrogens with zero attached hydrogens (tertiary/aromatic N) is 1. The van der Waals surface area contributed by atoms with E-state index in [1.807, 2.05) is 0 Å². The molecule has 0 radical (unpaired) electrons. The van der Waals surface area contributed by atoms with E-state index >= 15 is 0 Å². The third-order valence-corrected chi connectivity index (χ3v) is 5.31. The van der Waals surface area contributed by atoms with E-state index in [1.54, 1.807) is 19.1 Å². The molecule has 0 aromatic heterocycles. The summed E-state index contributed by atoms with van der Waals surface area (Å²) in [5, 5.41) is 0. The maximum Gasteiger partial charge on any atom is 0.244 e. The van der Waals surface area contributed by atoms with Crippen LogP contribution in [0.25, 0.3) is 0 Å². The first kappa shape index (κ1) is 20.8. The lowest BCUT2D eigenvalue weighted by Gasteiger charge is -2.21. The van der Waals surface area contributed by atoms with E-state index in [2.05, 4.69) is 4.72 Å². The first-order chi connectivity index (χ1) is 12.7. The number of rotatable bonds is 7. The quantitative estimate of drug-likeness (QED) is 0.778. The minimum Gasteiger partial charge on any atom is -0.495 e. The fraction of sp³-hybridized carbons (Fsp3) is 0.278. The molecule has 0 atom stereocenters. The molecule has 2 rings (SSSR count). The lowest BCUT2D eigenvalue weighted by atomic mass is 10.2. The highest BCUT2D eigenvalue weighted by Gasteiger charge is 2.21. The summed E-state index contributed by atoms with van der Waals surface area (Å²) >= 11 is 0. The van der Waals surface area contributed by atoms with Crippen molar-refractivity contribution in [1.29, 1.82) is 0 Å². The molecule has 0 saturated heterocycles. The topological polar surface area (TPSA) is 75.7 Å². The van der Waals surface area contributed by atoms with E-state index in [4.69, 9.17) is 4.74 Å². The van der Waals surface area contributed by atoms with Crippen LogP contribution in [0.2, 0.25) is 0 Å². The van der Waals surface area contributed by atoms with Crippen molar-refractivity contribution >= 4 is 21.6 Å². The van der Waals surface area contributed by atoms with Crippen LogP contribution in [0.15, 0.2) is 41.3 Å². The van der Waals surface area contributed by atoms with Gasteiger partial charge in [0.25, 0.3) is 0 Å². The van der Waals surface area contributed by atoms with E-state index in [9.17, 15) is 22.0 Å². The molecule has 27 heavy (non-hydrogen) atoms. The maximum atomic E-state index is 13.4. The molecule has 6 nitrogen and oxygen atoms in total. The summed E-state index contributed by atoms with van der Waals surface area (Å²) in [6.45, 7) is 2.81.